The molecule has 0 amide bonds. The predicted octanol–water partition coefficient (Wildman–Crippen LogP) is 5.36. The molecule has 4 aliphatic carbocycles. The Labute approximate surface area is 164 Å². The number of fused-ring (bicyclic) bond motifs is 4. The lowest BCUT2D eigenvalue weighted by atomic mass is 9.44. The van der Waals surface area contributed by atoms with E-state index in [4.69, 9.17) is 9.47 Å². The van der Waals surface area contributed by atoms with Crippen molar-refractivity contribution in [3.8, 4) is 0 Å². The van der Waals surface area contributed by atoms with Crippen molar-refractivity contribution >= 4 is 5.97 Å². The van der Waals surface area contributed by atoms with Crippen LogP contribution in [0.5, 0.6) is 0 Å². The number of carbonyl (C=O) groups excluding carboxylic acids is 1. The highest BCUT2D eigenvalue weighted by molar-refractivity contribution is 5.66. The van der Waals surface area contributed by atoms with Crippen molar-refractivity contribution < 1.29 is 14.3 Å². The number of hydrogen-bond acceptors (Lipinski definition) is 3. The van der Waals surface area contributed by atoms with Crippen LogP contribution in [0.1, 0.15) is 85.5 Å². The van der Waals surface area contributed by atoms with Gasteiger partial charge in [-0.05, 0) is 107 Å². The van der Waals surface area contributed by atoms with Gasteiger partial charge in [-0.25, -0.2) is 0 Å². The Morgan fingerprint density at radius 2 is 1.74 bits per heavy atom. The van der Waals surface area contributed by atoms with E-state index >= 15 is 0 Å². The van der Waals surface area contributed by atoms with Crippen molar-refractivity contribution in [1.82, 2.24) is 0 Å². The summed E-state index contributed by atoms with van der Waals surface area (Å²) in [5.74, 6) is 4.14. The Bertz CT molecular complexity index is 617. The molecule has 1 aliphatic heterocycles. The maximum absolute atomic E-state index is 11.4. The molecule has 1 spiro atoms. The number of rotatable bonds is 1. The van der Waals surface area contributed by atoms with Crippen LogP contribution < -0.4 is 0 Å². The first-order valence-corrected chi connectivity index (χ1v) is 11.7. The molecular weight excluding hydrogens is 336 g/mol. The molecule has 0 radical (unpaired) electrons. The molecule has 2 unspecified atom stereocenters. The second kappa shape index (κ2) is 6.21. The molecular formula is C24H38O3. The SMILES string of the molecule is CC(=O)O[C@@H]1CC[C@@]2(C)[C@@H](CC[C@H]3[C@@H]4CCC5[C@@H](C)O[C@H](C)C54CC[C@@H]32)C1. The summed E-state index contributed by atoms with van der Waals surface area (Å²) in [6.07, 6.45) is 12.9. The van der Waals surface area contributed by atoms with Crippen LogP contribution >= 0.6 is 0 Å². The fourth-order valence-corrected chi connectivity index (χ4v) is 9.35. The Morgan fingerprint density at radius 1 is 0.963 bits per heavy atom. The Morgan fingerprint density at radius 3 is 2.52 bits per heavy atom. The van der Waals surface area contributed by atoms with Gasteiger partial charge in [-0.15, -0.1) is 0 Å². The van der Waals surface area contributed by atoms with Crippen LogP contribution in [0.4, 0.5) is 0 Å². The highest BCUT2D eigenvalue weighted by atomic mass is 16.5. The molecule has 3 heteroatoms. The van der Waals surface area contributed by atoms with Crippen molar-refractivity contribution in [3.05, 3.63) is 0 Å². The molecule has 0 aromatic rings. The summed E-state index contributed by atoms with van der Waals surface area (Å²) in [5.41, 5.74) is 0.951. The molecule has 3 nitrogen and oxygen atoms in total. The lowest BCUT2D eigenvalue weighted by molar-refractivity contribution is -0.162. The lowest BCUT2D eigenvalue weighted by Crippen LogP contribution is -2.56. The van der Waals surface area contributed by atoms with E-state index < -0.39 is 0 Å². The fourth-order valence-electron chi connectivity index (χ4n) is 9.35. The van der Waals surface area contributed by atoms with E-state index in [2.05, 4.69) is 20.8 Å². The standard InChI is InChI=1S/C24H38O3/c1-14-20-7-8-22-19-6-5-17-13-18(27-16(3)25)9-11-23(17,4)21(19)10-12-24(20,22)15(2)26-14/h14-15,17-22H,5-13H2,1-4H3/t14-,15-,17+,18-,19-,20?,21+,22+,23+,24?/m1/s1. The van der Waals surface area contributed by atoms with Crippen LogP contribution in [0.3, 0.4) is 0 Å². The molecule has 5 fully saturated rings. The quantitative estimate of drug-likeness (QED) is 0.579. The molecule has 152 valence electrons. The van der Waals surface area contributed by atoms with Crippen molar-refractivity contribution in [1.29, 1.82) is 0 Å². The van der Waals surface area contributed by atoms with Gasteiger partial charge in [-0.3, -0.25) is 4.79 Å². The van der Waals surface area contributed by atoms with E-state index in [-0.39, 0.29) is 12.1 Å². The number of esters is 1. The minimum atomic E-state index is -0.0989. The smallest absolute Gasteiger partial charge is 0.302 e. The van der Waals surface area contributed by atoms with E-state index in [1.54, 1.807) is 6.92 Å². The Balaban J connectivity index is 1.39. The normalized spacial score (nSPS) is 56.6. The second-order valence-electron chi connectivity index (χ2n) is 11.0. The molecule has 5 rings (SSSR count). The van der Waals surface area contributed by atoms with Crippen LogP contribution in [0, 0.1) is 40.4 Å². The van der Waals surface area contributed by atoms with Crippen molar-refractivity contribution in [2.75, 3.05) is 0 Å². The van der Waals surface area contributed by atoms with Gasteiger partial charge in [0.25, 0.3) is 0 Å². The number of ether oxygens (including phenoxy) is 2. The zero-order valence-corrected chi connectivity index (χ0v) is 17.7. The molecule has 27 heavy (non-hydrogen) atoms. The second-order valence-corrected chi connectivity index (χ2v) is 11.0. The minimum absolute atomic E-state index is 0.0989. The third-order valence-corrected chi connectivity index (χ3v) is 10.3. The largest absolute Gasteiger partial charge is 0.463 e. The van der Waals surface area contributed by atoms with E-state index in [0.29, 0.717) is 23.0 Å². The molecule has 0 aromatic carbocycles. The zero-order chi connectivity index (χ0) is 19.0. The van der Waals surface area contributed by atoms with Gasteiger partial charge >= 0.3 is 5.97 Å². The van der Waals surface area contributed by atoms with E-state index in [9.17, 15) is 4.79 Å². The summed E-state index contributed by atoms with van der Waals surface area (Å²) in [4.78, 5) is 11.4. The monoisotopic (exact) mass is 374 g/mol. The molecule has 0 bridgehead atoms. The maximum Gasteiger partial charge on any atom is 0.302 e. The molecule has 0 aromatic heterocycles. The van der Waals surface area contributed by atoms with Crippen LogP contribution in [-0.2, 0) is 14.3 Å². The molecule has 0 N–H and O–H groups in total. The van der Waals surface area contributed by atoms with Crippen LogP contribution in [0.2, 0.25) is 0 Å². The van der Waals surface area contributed by atoms with Gasteiger partial charge in [-0.2, -0.15) is 0 Å². The summed E-state index contributed by atoms with van der Waals surface area (Å²) in [6.45, 7) is 8.87. The lowest BCUT2D eigenvalue weighted by Gasteiger charge is -2.61. The molecule has 4 saturated carbocycles. The minimum Gasteiger partial charge on any atom is -0.463 e. The van der Waals surface area contributed by atoms with Gasteiger partial charge < -0.3 is 9.47 Å². The van der Waals surface area contributed by atoms with Gasteiger partial charge in [0.2, 0.25) is 0 Å². The highest BCUT2D eigenvalue weighted by Gasteiger charge is 2.66. The van der Waals surface area contributed by atoms with Crippen LogP contribution in [0.15, 0.2) is 0 Å². The van der Waals surface area contributed by atoms with E-state index in [1.165, 1.54) is 44.9 Å². The first-order chi connectivity index (χ1) is 12.9. The van der Waals surface area contributed by atoms with Gasteiger partial charge in [0.1, 0.15) is 6.10 Å². The van der Waals surface area contributed by atoms with E-state index in [1.807, 2.05) is 0 Å². The zero-order valence-electron chi connectivity index (χ0n) is 17.7. The van der Waals surface area contributed by atoms with E-state index in [0.717, 1.165) is 42.4 Å². The molecule has 1 saturated heterocycles. The number of hydrogen-bond donors (Lipinski definition) is 0. The van der Waals surface area contributed by atoms with Crippen LogP contribution in [0.25, 0.3) is 0 Å². The molecule has 5 aliphatic rings. The fraction of sp³-hybridized carbons (Fsp3) is 0.958. The highest BCUT2D eigenvalue weighted by Crippen LogP contribution is 2.70. The summed E-state index contributed by atoms with van der Waals surface area (Å²) in [6, 6.07) is 0. The molecule has 1 heterocycles. The third-order valence-electron chi connectivity index (χ3n) is 10.3. The summed E-state index contributed by atoms with van der Waals surface area (Å²) in [5, 5.41) is 0. The number of carbonyl (C=O) groups is 1. The van der Waals surface area contributed by atoms with Crippen molar-refractivity contribution in [2.45, 2.75) is 104 Å². The summed E-state index contributed by atoms with van der Waals surface area (Å²) in [7, 11) is 0. The summed E-state index contributed by atoms with van der Waals surface area (Å²) < 4.78 is 12.0. The van der Waals surface area contributed by atoms with Crippen molar-refractivity contribution in [3.63, 3.8) is 0 Å². The van der Waals surface area contributed by atoms with Gasteiger partial charge in [0, 0.05) is 12.3 Å². The average molecular weight is 375 g/mol. The van der Waals surface area contributed by atoms with Crippen molar-refractivity contribution in [2.24, 2.45) is 40.4 Å². The Kier molecular flexibility index (Phi) is 4.25. The van der Waals surface area contributed by atoms with Crippen LogP contribution in [-0.4, -0.2) is 24.3 Å². The maximum atomic E-state index is 11.4. The third kappa shape index (κ3) is 2.45. The predicted molar refractivity (Wildman–Crippen MR) is 105 cm³/mol. The Hall–Kier alpha value is -0.570. The van der Waals surface area contributed by atoms with Gasteiger partial charge in [0.15, 0.2) is 0 Å². The van der Waals surface area contributed by atoms with Gasteiger partial charge in [0.05, 0.1) is 12.2 Å². The summed E-state index contributed by atoms with van der Waals surface area (Å²) >= 11 is 0. The molecule has 10 atom stereocenters. The topological polar surface area (TPSA) is 35.5 Å². The van der Waals surface area contributed by atoms with Gasteiger partial charge in [-0.1, -0.05) is 6.92 Å². The first kappa shape index (κ1) is 18.5. The first-order valence-electron chi connectivity index (χ1n) is 11.7. The average Bonchev–Trinajstić information content (AvgIpc) is 3.11.